The molecule has 0 aliphatic carbocycles. The fourth-order valence-corrected chi connectivity index (χ4v) is 2.62. The van der Waals surface area contributed by atoms with Crippen LogP contribution in [0, 0.1) is 13.8 Å². The zero-order valence-corrected chi connectivity index (χ0v) is 15.7. The Bertz CT molecular complexity index is 950. The summed E-state index contributed by atoms with van der Waals surface area (Å²) in [6.07, 6.45) is 1.51. The molecule has 0 atom stereocenters. The van der Waals surface area contributed by atoms with E-state index in [0.717, 1.165) is 5.56 Å². The lowest BCUT2D eigenvalue weighted by atomic mass is 10.2. The van der Waals surface area contributed by atoms with E-state index < -0.39 is 0 Å². The van der Waals surface area contributed by atoms with Gasteiger partial charge in [0.05, 0.1) is 36.9 Å². The molecule has 0 saturated heterocycles. The van der Waals surface area contributed by atoms with Crippen molar-refractivity contribution in [2.75, 3.05) is 19.0 Å². The molecule has 3 rings (SSSR count). The van der Waals surface area contributed by atoms with E-state index in [0.29, 0.717) is 41.0 Å². The van der Waals surface area contributed by atoms with Gasteiger partial charge in [0.1, 0.15) is 5.75 Å². The number of anilines is 1. The van der Waals surface area contributed by atoms with Crippen LogP contribution in [0.15, 0.2) is 36.5 Å². The lowest BCUT2D eigenvalue weighted by Crippen LogP contribution is -2.14. The number of nitrogens with zero attached hydrogens (tertiary/aromatic N) is 4. The van der Waals surface area contributed by atoms with Crippen LogP contribution < -0.4 is 14.8 Å². The number of hydrogen-bond donors (Lipinski definition) is 1. The second kappa shape index (κ2) is 7.86. The maximum absolute atomic E-state index is 12.7. The van der Waals surface area contributed by atoms with Crippen molar-refractivity contribution in [3.63, 3.8) is 0 Å². The van der Waals surface area contributed by atoms with Crippen LogP contribution >= 0.6 is 0 Å². The highest BCUT2D eigenvalue weighted by Crippen LogP contribution is 2.26. The van der Waals surface area contributed by atoms with Gasteiger partial charge in [-0.3, -0.25) is 4.79 Å². The summed E-state index contributed by atoms with van der Waals surface area (Å²) in [6, 6.07) is 9.04. The number of amides is 1. The van der Waals surface area contributed by atoms with E-state index in [9.17, 15) is 4.79 Å². The number of aryl methyl sites for hydroxylation is 1. The van der Waals surface area contributed by atoms with E-state index in [1.165, 1.54) is 6.20 Å². The van der Waals surface area contributed by atoms with Crippen LogP contribution in [-0.2, 0) is 0 Å². The van der Waals surface area contributed by atoms with Crippen molar-refractivity contribution >= 4 is 11.6 Å². The standard InChI is InChI=1S/C19H21N5O3/c1-5-27-18-9-8-17(22-23-18)24-13(3)14(11-20-24)19(25)21-15-10-12(2)6-7-16(15)26-4/h6-11H,5H2,1-4H3,(H,21,25). The lowest BCUT2D eigenvalue weighted by molar-refractivity contribution is 0.102. The number of methoxy groups -OCH3 is 1. The minimum atomic E-state index is -0.276. The smallest absolute Gasteiger partial charge is 0.259 e. The van der Waals surface area contributed by atoms with Gasteiger partial charge in [-0.05, 0) is 44.5 Å². The van der Waals surface area contributed by atoms with Gasteiger partial charge in [-0.2, -0.15) is 5.10 Å². The van der Waals surface area contributed by atoms with Gasteiger partial charge in [-0.15, -0.1) is 10.2 Å². The van der Waals surface area contributed by atoms with Gasteiger partial charge in [0, 0.05) is 6.07 Å². The normalized spacial score (nSPS) is 10.5. The molecule has 1 amide bonds. The predicted octanol–water partition coefficient (Wildman–Crippen LogP) is 2.94. The maximum Gasteiger partial charge on any atom is 0.259 e. The molecule has 8 heteroatoms. The van der Waals surface area contributed by atoms with Gasteiger partial charge in [-0.1, -0.05) is 6.07 Å². The summed E-state index contributed by atoms with van der Waals surface area (Å²) in [4.78, 5) is 12.7. The van der Waals surface area contributed by atoms with Crippen LogP contribution in [0.2, 0.25) is 0 Å². The fraction of sp³-hybridized carbons (Fsp3) is 0.263. The molecule has 0 fully saturated rings. The molecule has 140 valence electrons. The first-order valence-electron chi connectivity index (χ1n) is 8.51. The maximum atomic E-state index is 12.7. The molecular formula is C19H21N5O3. The topological polar surface area (TPSA) is 91.2 Å². The minimum Gasteiger partial charge on any atom is -0.495 e. The molecule has 0 aliphatic heterocycles. The molecule has 1 aromatic carbocycles. The molecule has 2 aromatic heterocycles. The van der Waals surface area contributed by atoms with Crippen LogP contribution in [0.25, 0.3) is 5.82 Å². The number of carbonyl (C=O) groups is 1. The molecule has 0 unspecified atom stereocenters. The summed E-state index contributed by atoms with van der Waals surface area (Å²) in [5, 5.41) is 15.2. The summed E-state index contributed by atoms with van der Waals surface area (Å²) in [5.41, 5.74) is 2.71. The highest BCUT2D eigenvalue weighted by Gasteiger charge is 2.17. The first-order valence-corrected chi connectivity index (χ1v) is 8.51. The van der Waals surface area contributed by atoms with Crippen LogP contribution in [0.1, 0.15) is 28.5 Å². The fourth-order valence-electron chi connectivity index (χ4n) is 2.62. The number of carbonyl (C=O) groups excluding carboxylic acids is 1. The van der Waals surface area contributed by atoms with E-state index in [1.807, 2.05) is 32.0 Å². The Kier molecular flexibility index (Phi) is 5.35. The van der Waals surface area contributed by atoms with Crippen molar-refractivity contribution in [3.05, 3.63) is 53.3 Å². The van der Waals surface area contributed by atoms with Crippen LogP contribution in [-0.4, -0.2) is 39.6 Å². The molecule has 0 aliphatic rings. The van der Waals surface area contributed by atoms with Crippen molar-refractivity contribution in [1.29, 1.82) is 0 Å². The molecule has 0 spiro atoms. The van der Waals surface area contributed by atoms with E-state index in [4.69, 9.17) is 9.47 Å². The molecule has 0 saturated carbocycles. The number of ether oxygens (including phenoxy) is 2. The van der Waals surface area contributed by atoms with Crippen LogP contribution in [0.5, 0.6) is 11.6 Å². The molecule has 8 nitrogen and oxygen atoms in total. The summed E-state index contributed by atoms with van der Waals surface area (Å²) >= 11 is 0. The molecular weight excluding hydrogens is 346 g/mol. The Balaban J connectivity index is 1.84. The molecule has 27 heavy (non-hydrogen) atoms. The monoisotopic (exact) mass is 367 g/mol. The van der Waals surface area contributed by atoms with E-state index in [2.05, 4.69) is 20.6 Å². The van der Waals surface area contributed by atoms with Gasteiger partial charge in [0.15, 0.2) is 5.82 Å². The van der Waals surface area contributed by atoms with Crippen molar-refractivity contribution in [1.82, 2.24) is 20.0 Å². The van der Waals surface area contributed by atoms with Crippen LogP contribution in [0.4, 0.5) is 5.69 Å². The van der Waals surface area contributed by atoms with Crippen molar-refractivity contribution in [3.8, 4) is 17.4 Å². The van der Waals surface area contributed by atoms with Crippen molar-refractivity contribution in [2.24, 2.45) is 0 Å². The van der Waals surface area contributed by atoms with Crippen LogP contribution in [0.3, 0.4) is 0 Å². The van der Waals surface area contributed by atoms with Gasteiger partial charge in [0.2, 0.25) is 5.88 Å². The molecule has 1 N–H and O–H groups in total. The average Bonchev–Trinajstić information content (AvgIpc) is 3.04. The number of benzene rings is 1. The van der Waals surface area contributed by atoms with Gasteiger partial charge >= 0.3 is 0 Å². The molecule has 0 radical (unpaired) electrons. The second-order valence-corrected chi connectivity index (χ2v) is 5.88. The third kappa shape index (κ3) is 3.89. The number of rotatable bonds is 6. The van der Waals surface area contributed by atoms with E-state index >= 15 is 0 Å². The Labute approximate surface area is 157 Å². The third-order valence-electron chi connectivity index (χ3n) is 3.99. The first kappa shape index (κ1) is 18.4. The van der Waals surface area contributed by atoms with Crippen molar-refractivity contribution in [2.45, 2.75) is 20.8 Å². The minimum absolute atomic E-state index is 0.276. The summed E-state index contributed by atoms with van der Waals surface area (Å²) in [6.45, 7) is 6.14. The molecule has 0 bridgehead atoms. The highest BCUT2D eigenvalue weighted by atomic mass is 16.5. The number of nitrogens with one attached hydrogen (secondary N) is 1. The molecule has 2 heterocycles. The average molecular weight is 367 g/mol. The highest BCUT2D eigenvalue weighted by molar-refractivity contribution is 6.05. The number of aromatic nitrogens is 4. The SMILES string of the molecule is CCOc1ccc(-n2ncc(C(=O)Nc3cc(C)ccc3OC)c2C)nn1. The zero-order valence-electron chi connectivity index (χ0n) is 15.7. The number of hydrogen-bond acceptors (Lipinski definition) is 6. The Morgan fingerprint density at radius 2 is 2.00 bits per heavy atom. The predicted molar refractivity (Wildman–Crippen MR) is 101 cm³/mol. The largest absolute Gasteiger partial charge is 0.495 e. The van der Waals surface area contributed by atoms with Crippen molar-refractivity contribution < 1.29 is 14.3 Å². The summed E-state index contributed by atoms with van der Waals surface area (Å²) in [7, 11) is 1.56. The summed E-state index contributed by atoms with van der Waals surface area (Å²) in [5.74, 6) is 1.26. The first-order chi connectivity index (χ1) is 13.0. The lowest BCUT2D eigenvalue weighted by Gasteiger charge is -2.11. The zero-order chi connectivity index (χ0) is 19.4. The Morgan fingerprint density at radius 3 is 2.67 bits per heavy atom. The second-order valence-electron chi connectivity index (χ2n) is 5.88. The third-order valence-corrected chi connectivity index (χ3v) is 3.99. The van der Waals surface area contributed by atoms with E-state index in [1.54, 1.807) is 30.8 Å². The Hall–Kier alpha value is -3.42. The van der Waals surface area contributed by atoms with Gasteiger partial charge < -0.3 is 14.8 Å². The van der Waals surface area contributed by atoms with E-state index in [-0.39, 0.29) is 5.91 Å². The Morgan fingerprint density at radius 1 is 1.19 bits per heavy atom. The summed E-state index contributed by atoms with van der Waals surface area (Å²) < 4.78 is 12.2. The van der Waals surface area contributed by atoms with Gasteiger partial charge in [-0.25, -0.2) is 4.68 Å². The van der Waals surface area contributed by atoms with Gasteiger partial charge in [0.25, 0.3) is 5.91 Å². The molecule has 3 aromatic rings. The quantitative estimate of drug-likeness (QED) is 0.720.